The summed E-state index contributed by atoms with van der Waals surface area (Å²) >= 11 is 0. The van der Waals surface area contributed by atoms with Crippen LogP contribution in [-0.4, -0.2) is 0 Å². The summed E-state index contributed by atoms with van der Waals surface area (Å²) in [5.41, 5.74) is 2.08. The van der Waals surface area contributed by atoms with E-state index in [1.54, 1.807) is 24.3 Å². The molecule has 0 aliphatic rings. The summed E-state index contributed by atoms with van der Waals surface area (Å²) in [7, 11) is -3.40. The molecule has 0 aliphatic heterocycles. The molecule has 8 aromatic rings. The topological polar surface area (TPSA) is 17.1 Å². The minimum Gasteiger partial charge on any atom is -0.309 e. The lowest BCUT2D eigenvalue weighted by Gasteiger charge is -2.21. The van der Waals surface area contributed by atoms with Crippen molar-refractivity contribution >= 4 is 66.1 Å². The predicted molar refractivity (Wildman–Crippen MR) is 181 cm³/mol. The lowest BCUT2D eigenvalue weighted by atomic mass is 9.90. The van der Waals surface area contributed by atoms with Gasteiger partial charge in [0.2, 0.25) is 0 Å². The van der Waals surface area contributed by atoms with Crippen molar-refractivity contribution in [3.05, 3.63) is 163 Å². The van der Waals surface area contributed by atoms with Crippen LogP contribution in [0.1, 0.15) is 0 Å². The first-order valence-corrected chi connectivity index (χ1v) is 16.2. The second-order valence-electron chi connectivity index (χ2n) is 11.1. The van der Waals surface area contributed by atoms with Crippen LogP contribution >= 0.6 is 7.14 Å². The van der Waals surface area contributed by atoms with Gasteiger partial charge in [0, 0.05) is 15.9 Å². The van der Waals surface area contributed by atoms with Crippen molar-refractivity contribution in [2.45, 2.75) is 0 Å². The first kappa shape index (κ1) is 26.5. The summed E-state index contributed by atoms with van der Waals surface area (Å²) < 4.78 is 42.6. The van der Waals surface area contributed by atoms with E-state index in [1.165, 1.54) is 62.0 Å². The molecule has 0 saturated carbocycles. The van der Waals surface area contributed by atoms with Crippen molar-refractivity contribution in [1.82, 2.24) is 0 Å². The van der Waals surface area contributed by atoms with Crippen molar-refractivity contribution < 1.29 is 13.3 Å². The van der Waals surface area contributed by atoms with Crippen molar-refractivity contribution in [3.8, 4) is 11.1 Å². The number of hydrogen-bond acceptors (Lipinski definition) is 1. The molecule has 0 unspecified atom stereocenters. The molecule has 0 heterocycles. The second-order valence-corrected chi connectivity index (χ2v) is 13.9. The normalized spacial score (nSPS) is 12.0. The summed E-state index contributed by atoms with van der Waals surface area (Å²) in [6.45, 7) is 0. The Balaban J connectivity index is 1.34. The van der Waals surface area contributed by atoms with Crippen LogP contribution in [0, 0.1) is 11.6 Å². The molecule has 0 fully saturated rings. The number of halogens is 2. The fourth-order valence-corrected chi connectivity index (χ4v) is 9.12. The standard InChI is InChI=1S/C40H25F2OP/c41-28-12-18-31(19-13-28)44(43,32-20-14-29(42)15-21-32)30-16-9-27(10-17-30)39-25-40-37-22-11-26-5-1-2-6-33(26)36(37)23-24-38(40)34-7-3-4-8-35(34)39/h1-25H. The van der Waals surface area contributed by atoms with Gasteiger partial charge in [-0.1, -0.05) is 97.1 Å². The van der Waals surface area contributed by atoms with E-state index in [4.69, 9.17) is 0 Å². The average molecular weight is 591 g/mol. The smallest absolute Gasteiger partial charge is 0.171 e. The Hall–Kier alpha value is -5.11. The molecule has 0 bridgehead atoms. The molecule has 0 atom stereocenters. The molecule has 8 aromatic carbocycles. The van der Waals surface area contributed by atoms with Crippen molar-refractivity contribution in [2.75, 3.05) is 0 Å². The highest BCUT2D eigenvalue weighted by molar-refractivity contribution is 7.85. The van der Waals surface area contributed by atoms with E-state index in [-0.39, 0.29) is 0 Å². The molecule has 0 aliphatic carbocycles. The molecule has 0 amide bonds. The maximum atomic E-state index is 14.9. The molecular formula is C40H25F2OP. The van der Waals surface area contributed by atoms with Crippen molar-refractivity contribution in [2.24, 2.45) is 0 Å². The van der Waals surface area contributed by atoms with Gasteiger partial charge in [-0.3, -0.25) is 0 Å². The first-order chi connectivity index (χ1) is 21.5. The summed E-state index contributed by atoms with van der Waals surface area (Å²) in [6.07, 6.45) is 0. The van der Waals surface area contributed by atoms with E-state index in [1.807, 2.05) is 24.3 Å². The summed E-state index contributed by atoms with van der Waals surface area (Å²) in [5.74, 6) is -0.808. The Kier molecular flexibility index (Phi) is 6.18. The molecule has 0 saturated heterocycles. The molecule has 0 N–H and O–H groups in total. The molecule has 0 spiro atoms. The zero-order valence-electron chi connectivity index (χ0n) is 23.5. The van der Waals surface area contributed by atoms with Crippen LogP contribution < -0.4 is 15.9 Å². The molecule has 8 rings (SSSR count). The predicted octanol–water partition coefficient (Wildman–Crippen LogP) is 9.88. The van der Waals surface area contributed by atoms with E-state index < -0.39 is 18.8 Å². The fraction of sp³-hybridized carbons (Fsp3) is 0. The quantitative estimate of drug-likeness (QED) is 0.147. The highest BCUT2D eigenvalue weighted by Crippen LogP contribution is 2.44. The molecule has 0 aromatic heterocycles. The largest absolute Gasteiger partial charge is 0.309 e. The first-order valence-electron chi connectivity index (χ1n) is 14.5. The van der Waals surface area contributed by atoms with Crippen LogP contribution in [0.2, 0.25) is 0 Å². The second kappa shape index (κ2) is 10.3. The molecule has 1 nitrogen and oxygen atoms in total. The molecule has 210 valence electrons. The lowest BCUT2D eigenvalue weighted by molar-refractivity contribution is 0.592. The number of rotatable bonds is 4. The summed E-state index contributed by atoms with van der Waals surface area (Å²) in [5, 5.41) is 11.1. The Labute approximate surface area is 253 Å². The van der Waals surface area contributed by atoms with Crippen LogP contribution in [0.5, 0.6) is 0 Å². The van der Waals surface area contributed by atoms with Crippen LogP contribution in [0.15, 0.2) is 152 Å². The molecule has 4 heteroatoms. The van der Waals surface area contributed by atoms with Crippen molar-refractivity contribution in [1.29, 1.82) is 0 Å². The number of fused-ring (bicyclic) bond motifs is 7. The van der Waals surface area contributed by atoms with E-state index in [2.05, 4.69) is 78.9 Å². The average Bonchev–Trinajstić information content (AvgIpc) is 3.08. The zero-order valence-corrected chi connectivity index (χ0v) is 24.4. The molecule has 0 radical (unpaired) electrons. The Bertz CT molecular complexity index is 2360. The van der Waals surface area contributed by atoms with Crippen LogP contribution in [0.25, 0.3) is 54.2 Å². The van der Waals surface area contributed by atoms with Gasteiger partial charge < -0.3 is 4.57 Å². The van der Waals surface area contributed by atoms with Gasteiger partial charge >= 0.3 is 0 Å². The van der Waals surface area contributed by atoms with Crippen molar-refractivity contribution in [3.63, 3.8) is 0 Å². The highest BCUT2D eigenvalue weighted by atomic mass is 31.2. The van der Waals surface area contributed by atoms with Crippen LogP contribution in [-0.2, 0) is 4.57 Å². The van der Waals surface area contributed by atoms with Gasteiger partial charge in [0.25, 0.3) is 0 Å². The minimum atomic E-state index is -3.40. The maximum absolute atomic E-state index is 14.9. The van der Waals surface area contributed by atoms with Gasteiger partial charge in [0.05, 0.1) is 0 Å². The zero-order chi connectivity index (χ0) is 29.8. The molecule has 44 heavy (non-hydrogen) atoms. The van der Waals surface area contributed by atoms with Crippen LogP contribution in [0.3, 0.4) is 0 Å². The highest BCUT2D eigenvalue weighted by Gasteiger charge is 2.30. The number of benzene rings is 8. The third-order valence-electron chi connectivity index (χ3n) is 8.69. The van der Waals surface area contributed by atoms with Gasteiger partial charge in [-0.05, 0) is 109 Å². The van der Waals surface area contributed by atoms with Gasteiger partial charge in [-0.15, -0.1) is 0 Å². The van der Waals surface area contributed by atoms with Gasteiger partial charge in [0.1, 0.15) is 11.6 Å². The lowest BCUT2D eigenvalue weighted by Crippen LogP contribution is -2.25. The molecular weight excluding hydrogens is 565 g/mol. The maximum Gasteiger partial charge on any atom is 0.171 e. The van der Waals surface area contributed by atoms with E-state index >= 15 is 0 Å². The Morgan fingerprint density at radius 1 is 0.386 bits per heavy atom. The van der Waals surface area contributed by atoms with Gasteiger partial charge in [0.15, 0.2) is 7.14 Å². The van der Waals surface area contributed by atoms with Gasteiger partial charge in [-0.25, -0.2) is 8.78 Å². The Morgan fingerprint density at radius 3 is 1.41 bits per heavy atom. The van der Waals surface area contributed by atoms with E-state index in [0.717, 1.165) is 16.5 Å². The SMILES string of the molecule is O=P(c1ccc(F)cc1)(c1ccc(F)cc1)c1ccc(-c2cc3c(ccc4c5ccccc5ccc43)c3ccccc23)cc1. The monoisotopic (exact) mass is 590 g/mol. The third-order valence-corrected chi connectivity index (χ3v) is 11.8. The minimum absolute atomic E-state index is 0.404. The number of hydrogen-bond donors (Lipinski definition) is 0. The Morgan fingerprint density at radius 2 is 0.818 bits per heavy atom. The summed E-state index contributed by atoms with van der Waals surface area (Å²) in [4.78, 5) is 0. The van der Waals surface area contributed by atoms with E-state index in [0.29, 0.717) is 15.9 Å². The fourth-order valence-electron chi connectivity index (χ4n) is 6.52. The summed E-state index contributed by atoms with van der Waals surface area (Å²) in [6, 6.07) is 47.3. The van der Waals surface area contributed by atoms with Gasteiger partial charge in [-0.2, -0.15) is 0 Å². The van der Waals surface area contributed by atoms with E-state index in [9.17, 15) is 13.3 Å². The van der Waals surface area contributed by atoms with Crippen LogP contribution in [0.4, 0.5) is 8.78 Å². The third kappa shape index (κ3) is 4.16.